The van der Waals surface area contributed by atoms with Gasteiger partial charge in [-0.1, -0.05) is 37.6 Å². The molecule has 2 atom stereocenters. The standard InChI is InChI=1S/C16H25NO/c1-3-5-12-6-8-13(9-7-12)15(17)16(18-4-2)14-10-11-14/h6-9,14-16H,3-5,10-11,17H2,1-2H3. The van der Waals surface area contributed by atoms with Crippen LogP contribution in [0.5, 0.6) is 0 Å². The van der Waals surface area contributed by atoms with Crippen LogP contribution in [0.15, 0.2) is 24.3 Å². The fourth-order valence-electron chi connectivity index (χ4n) is 2.54. The average molecular weight is 247 g/mol. The van der Waals surface area contributed by atoms with Crippen LogP contribution in [0.25, 0.3) is 0 Å². The van der Waals surface area contributed by atoms with Gasteiger partial charge in [-0.25, -0.2) is 0 Å². The zero-order chi connectivity index (χ0) is 13.0. The SMILES string of the molecule is CCCc1ccc(C(N)C(OCC)C2CC2)cc1. The molecule has 0 heterocycles. The van der Waals surface area contributed by atoms with Crippen molar-refractivity contribution in [1.29, 1.82) is 0 Å². The third-order valence-corrected chi connectivity index (χ3v) is 3.70. The monoisotopic (exact) mass is 247 g/mol. The van der Waals surface area contributed by atoms with E-state index in [4.69, 9.17) is 10.5 Å². The maximum absolute atomic E-state index is 6.37. The largest absolute Gasteiger partial charge is 0.376 e. The maximum atomic E-state index is 6.37. The number of hydrogen-bond donors (Lipinski definition) is 1. The molecule has 1 saturated carbocycles. The van der Waals surface area contributed by atoms with Gasteiger partial charge >= 0.3 is 0 Å². The van der Waals surface area contributed by atoms with Crippen molar-refractivity contribution in [3.05, 3.63) is 35.4 Å². The number of benzene rings is 1. The van der Waals surface area contributed by atoms with Crippen molar-refractivity contribution < 1.29 is 4.74 Å². The lowest BCUT2D eigenvalue weighted by Gasteiger charge is -2.24. The Kier molecular flexibility index (Phi) is 4.79. The maximum Gasteiger partial charge on any atom is 0.0795 e. The van der Waals surface area contributed by atoms with Gasteiger partial charge in [0, 0.05) is 6.61 Å². The summed E-state index contributed by atoms with van der Waals surface area (Å²) in [4.78, 5) is 0. The third-order valence-electron chi connectivity index (χ3n) is 3.70. The summed E-state index contributed by atoms with van der Waals surface area (Å²) in [5, 5.41) is 0. The summed E-state index contributed by atoms with van der Waals surface area (Å²) in [6, 6.07) is 8.77. The van der Waals surface area contributed by atoms with E-state index in [2.05, 4.69) is 31.2 Å². The van der Waals surface area contributed by atoms with E-state index in [1.54, 1.807) is 0 Å². The Morgan fingerprint density at radius 2 is 1.89 bits per heavy atom. The second-order valence-electron chi connectivity index (χ2n) is 5.27. The molecule has 1 aromatic rings. The van der Waals surface area contributed by atoms with Gasteiger partial charge in [0.25, 0.3) is 0 Å². The molecule has 0 aromatic heterocycles. The molecule has 0 bridgehead atoms. The first-order chi connectivity index (χ1) is 8.76. The van der Waals surface area contributed by atoms with Crippen molar-refractivity contribution >= 4 is 0 Å². The van der Waals surface area contributed by atoms with Crippen LogP contribution in [0, 0.1) is 5.92 Å². The molecule has 1 fully saturated rings. The Labute approximate surface area is 111 Å². The Balaban J connectivity index is 2.03. The molecule has 2 unspecified atom stereocenters. The Morgan fingerprint density at radius 3 is 2.39 bits per heavy atom. The Bertz CT molecular complexity index is 356. The molecule has 18 heavy (non-hydrogen) atoms. The summed E-state index contributed by atoms with van der Waals surface area (Å²) in [6.07, 6.45) is 5.08. The number of hydrogen-bond acceptors (Lipinski definition) is 2. The molecule has 2 heteroatoms. The zero-order valence-electron chi connectivity index (χ0n) is 11.6. The summed E-state index contributed by atoms with van der Waals surface area (Å²) in [7, 11) is 0. The summed E-state index contributed by atoms with van der Waals surface area (Å²) >= 11 is 0. The molecule has 0 saturated heterocycles. The lowest BCUT2D eigenvalue weighted by Crippen LogP contribution is -2.30. The summed E-state index contributed by atoms with van der Waals surface area (Å²) in [5.74, 6) is 0.676. The molecule has 100 valence electrons. The highest BCUT2D eigenvalue weighted by Crippen LogP contribution is 2.39. The molecule has 0 amide bonds. The van der Waals surface area contributed by atoms with Crippen molar-refractivity contribution in [3.63, 3.8) is 0 Å². The predicted octanol–water partition coefficient (Wildman–Crippen LogP) is 3.45. The van der Waals surface area contributed by atoms with Gasteiger partial charge < -0.3 is 10.5 Å². The highest BCUT2D eigenvalue weighted by atomic mass is 16.5. The molecular formula is C16H25NO. The quantitative estimate of drug-likeness (QED) is 0.801. The highest BCUT2D eigenvalue weighted by molar-refractivity contribution is 5.26. The number of aryl methyl sites for hydroxylation is 1. The van der Waals surface area contributed by atoms with E-state index in [1.807, 2.05) is 6.92 Å². The lowest BCUT2D eigenvalue weighted by molar-refractivity contribution is 0.0283. The first-order valence-electron chi connectivity index (χ1n) is 7.22. The van der Waals surface area contributed by atoms with E-state index in [9.17, 15) is 0 Å². The van der Waals surface area contributed by atoms with Crippen molar-refractivity contribution in [1.82, 2.24) is 0 Å². The first-order valence-corrected chi connectivity index (χ1v) is 7.22. The first kappa shape index (κ1) is 13.6. The normalized spacial score (nSPS) is 18.6. The van der Waals surface area contributed by atoms with Gasteiger partial charge in [-0.3, -0.25) is 0 Å². The van der Waals surface area contributed by atoms with Crippen LogP contribution < -0.4 is 5.73 Å². The van der Waals surface area contributed by atoms with Crippen LogP contribution >= 0.6 is 0 Å². The van der Waals surface area contributed by atoms with Crippen LogP contribution in [0.4, 0.5) is 0 Å². The smallest absolute Gasteiger partial charge is 0.0795 e. The highest BCUT2D eigenvalue weighted by Gasteiger charge is 2.36. The van der Waals surface area contributed by atoms with E-state index in [1.165, 1.54) is 30.4 Å². The summed E-state index contributed by atoms with van der Waals surface area (Å²) < 4.78 is 5.83. The number of nitrogens with two attached hydrogens (primary N) is 1. The minimum Gasteiger partial charge on any atom is -0.376 e. The van der Waals surface area contributed by atoms with Crippen molar-refractivity contribution in [3.8, 4) is 0 Å². The molecule has 1 aliphatic carbocycles. The van der Waals surface area contributed by atoms with Crippen molar-refractivity contribution in [2.75, 3.05) is 6.61 Å². The minimum absolute atomic E-state index is 0.0214. The van der Waals surface area contributed by atoms with E-state index < -0.39 is 0 Å². The molecule has 2 nitrogen and oxygen atoms in total. The molecule has 2 rings (SSSR count). The molecule has 0 spiro atoms. The van der Waals surface area contributed by atoms with Crippen molar-refractivity contribution in [2.45, 2.75) is 51.7 Å². The molecule has 1 aliphatic rings. The van der Waals surface area contributed by atoms with Crippen LogP contribution in [0.3, 0.4) is 0 Å². The molecule has 0 aliphatic heterocycles. The van der Waals surface area contributed by atoms with E-state index >= 15 is 0 Å². The fourth-order valence-corrected chi connectivity index (χ4v) is 2.54. The van der Waals surface area contributed by atoms with Gasteiger partial charge in [-0.05, 0) is 43.2 Å². The summed E-state index contributed by atoms with van der Waals surface area (Å²) in [6.45, 7) is 5.01. The van der Waals surface area contributed by atoms with E-state index in [0.717, 1.165) is 13.0 Å². The topological polar surface area (TPSA) is 35.2 Å². The van der Waals surface area contributed by atoms with Gasteiger partial charge in [0.15, 0.2) is 0 Å². The van der Waals surface area contributed by atoms with Crippen LogP contribution in [0.1, 0.15) is 50.3 Å². The van der Waals surface area contributed by atoms with Gasteiger partial charge in [-0.2, -0.15) is 0 Å². The minimum atomic E-state index is 0.0214. The molecular weight excluding hydrogens is 222 g/mol. The van der Waals surface area contributed by atoms with Crippen molar-refractivity contribution in [2.24, 2.45) is 11.7 Å². The number of rotatable bonds is 7. The van der Waals surface area contributed by atoms with Gasteiger partial charge in [0.1, 0.15) is 0 Å². The van der Waals surface area contributed by atoms with Gasteiger partial charge in [0.2, 0.25) is 0 Å². The predicted molar refractivity (Wildman–Crippen MR) is 75.5 cm³/mol. The van der Waals surface area contributed by atoms with Crippen LogP contribution in [0.2, 0.25) is 0 Å². The third kappa shape index (κ3) is 3.33. The second-order valence-corrected chi connectivity index (χ2v) is 5.27. The van der Waals surface area contributed by atoms with E-state index in [-0.39, 0.29) is 12.1 Å². The number of ether oxygens (including phenoxy) is 1. The van der Waals surface area contributed by atoms with Gasteiger partial charge in [0.05, 0.1) is 12.1 Å². The molecule has 1 aromatic carbocycles. The molecule has 0 radical (unpaired) electrons. The molecule has 2 N–H and O–H groups in total. The zero-order valence-corrected chi connectivity index (χ0v) is 11.6. The van der Waals surface area contributed by atoms with Gasteiger partial charge in [-0.15, -0.1) is 0 Å². The Hall–Kier alpha value is -0.860. The Morgan fingerprint density at radius 1 is 1.22 bits per heavy atom. The van der Waals surface area contributed by atoms with Crippen LogP contribution in [-0.4, -0.2) is 12.7 Å². The fraction of sp³-hybridized carbons (Fsp3) is 0.625. The average Bonchev–Trinajstić information content (AvgIpc) is 3.21. The second kappa shape index (κ2) is 6.35. The summed E-state index contributed by atoms with van der Waals surface area (Å²) in [5.41, 5.74) is 8.97. The van der Waals surface area contributed by atoms with E-state index in [0.29, 0.717) is 5.92 Å². The van der Waals surface area contributed by atoms with Crippen LogP contribution in [-0.2, 0) is 11.2 Å². The lowest BCUT2D eigenvalue weighted by atomic mass is 9.97.